The number of hydrogen-bond acceptors (Lipinski definition) is 4. The number of nitrogens with zero attached hydrogens (tertiary/aromatic N) is 3. The molecule has 172 valence electrons. The van der Waals surface area contributed by atoms with Crippen LogP contribution < -0.4 is 5.32 Å². The second-order valence-electron chi connectivity index (χ2n) is 9.57. The Morgan fingerprint density at radius 1 is 1.12 bits per heavy atom. The molecule has 0 spiro atoms. The molecule has 0 saturated carbocycles. The number of aromatic nitrogens is 2. The number of hydrogen-bond donors (Lipinski definition) is 1. The van der Waals surface area contributed by atoms with Gasteiger partial charge in [0.05, 0.1) is 11.1 Å². The van der Waals surface area contributed by atoms with E-state index in [9.17, 15) is 4.79 Å². The summed E-state index contributed by atoms with van der Waals surface area (Å²) in [5.41, 5.74) is 5.04. The van der Waals surface area contributed by atoms with Gasteiger partial charge in [0.15, 0.2) is 0 Å². The number of pyridine rings is 2. The number of rotatable bonds is 7. The average Bonchev–Trinajstić information content (AvgIpc) is 2.80. The Morgan fingerprint density at radius 2 is 1.97 bits per heavy atom. The van der Waals surface area contributed by atoms with Crippen LogP contribution >= 0.6 is 0 Å². The third-order valence-corrected chi connectivity index (χ3v) is 6.41. The lowest BCUT2D eigenvalue weighted by molar-refractivity contribution is -0.135. The Balaban J connectivity index is 1.65. The van der Waals surface area contributed by atoms with Gasteiger partial charge < -0.3 is 5.32 Å². The van der Waals surface area contributed by atoms with Crippen molar-refractivity contribution < 1.29 is 4.79 Å². The third-order valence-electron chi connectivity index (χ3n) is 6.41. The number of nitrogens with one attached hydrogen (secondary N) is 1. The van der Waals surface area contributed by atoms with Crippen molar-refractivity contribution >= 4 is 5.91 Å². The summed E-state index contributed by atoms with van der Waals surface area (Å²) in [5, 5.41) is 3.23. The van der Waals surface area contributed by atoms with Gasteiger partial charge in [-0.15, -0.1) is 0 Å². The molecule has 1 fully saturated rings. The molecule has 0 radical (unpaired) electrons. The van der Waals surface area contributed by atoms with Crippen LogP contribution in [0.15, 0.2) is 67.0 Å². The summed E-state index contributed by atoms with van der Waals surface area (Å²) in [6.45, 7) is 8.57. The van der Waals surface area contributed by atoms with Crippen molar-refractivity contribution in [2.75, 3.05) is 13.1 Å². The number of piperidine rings is 1. The van der Waals surface area contributed by atoms with Gasteiger partial charge in [-0.25, -0.2) is 0 Å². The fourth-order valence-electron chi connectivity index (χ4n) is 4.95. The van der Waals surface area contributed by atoms with Crippen molar-refractivity contribution in [3.05, 3.63) is 83.9 Å². The molecule has 1 N–H and O–H groups in total. The van der Waals surface area contributed by atoms with Crippen molar-refractivity contribution in [2.45, 2.75) is 52.6 Å². The summed E-state index contributed by atoms with van der Waals surface area (Å²) in [6.07, 6.45) is 6.27. The predicted octanol–water partition coefficient (Wildman–Crippen LogP) is 4.80. The molecular weight excluding hydrogens is 408 g/mol. The quantitative estimate of drug-likeness (QED) is 0.571. The molecule has 5 heteroatoms. The van der Waals surface area contributed by atoms with E-state index in [0.29, 0.717) is 6.42 Å². The summed E-state index contributed by atoms with van der Waals surface area (Å²) in [7, 11) is 0. The molecule has 1 amide bonds. The number of aryl methyl sites for hydroxylation is 1. The number of carbonyl (C=O) groups is 1. The highest BCUT2D eigenvalue weighted by molar-refractivity contribution is 5.84. The minimum absolute atomic E-state index is 0.108. The largest absolute Gasteiger partial charge is 0.353 e. The molecule has 1 atom stereocenters. The van der Waals surface area contributed by atoms with Gasteiger partial charge in [-0.3, -0.25) is 19.7 Å². The minimum Gasteiger partial charge on any atom is -0.353 e. The van der Waals surface area contributed by atoms with Crippen LogP contribution in [0.3, 0.4) is 0 Å². The molecule has 3 aromatic rings. The predicted molar refractivity (Wildman–Crippen MR) is 133 cm³/mol. The first kappa shape index (κ1) is 23.1. The molecule has 33 heavy (non-hydrogen) atoms. The van der Waals surface area contributed by atoms with Crippen LogP contribution in [0.25, 0.3) is 11.1 Å². The lowest BCUT2D eigenvalue weighted by atomic mass is 9.73. The molecule has 1 unspecified atom stereocenters. The summed E-state index contributed by atoms with van der Waals surface area (Å²) in [4.78, 5) is 25.1. The summed E-state index contributed by atoms with van der Waals surface area (Å²) in [6, 6.07) is 18.7. The summed E-state index contributed by atoms with van der Waals surface area (Å²) in [5.74, 6) is 0.153. The fraction of sp³-hybridized carbons (Fsp3) is 0.393. The van der Waals surface area contributed by atoms with Gasteiger partial charge in [-0.1, -0.05) is 36.4 Å². The zero-order valence-corrected chi connectivity index (χ0v) is 19.9. The molecule has 1 aromatic carbocycles. The Morgan fingerprint density at radius 3 is 2.73 bits per heavy atom. The maximum atomic E-state index is 13.7. The first-order valence-electron chi connectivity index (χ1n) is 11.9. The van der Waals surface area contributed by atoms with Crippen molar-refractivity contribution in [3.63, 3.8) is 0 Å². The monoisotopic (exact) mass is 442 g/mol. The normalized spacial score (nSPS) is 18.9. The van der Waals surface area contributed by atoms with E-state index >= 15 is 0 Å². The van der Waals surface area contributed by atoms with Crippen LogP contribution in [0.2, 0.25) is 0 Å². The third kappa shape index (κ3) is 5.66. The highest BCUT2D eigenvalue weighted by Crippen LogP contribution is 2.37. The second kappa shape index (κ2) is 10.3. The molecular formula is C28H34N4O. The van der Waals surface area contributed by atoms with Crippen LogP contribution in [0.4, 0.5) is 0 Å². The number of carbonyl (C=O) groups excluding carboxylic acids is 1. The minimum atomic E-state index is -0.481. The van der Waals surface area contributed by atoms with Crippen LogP contribution in [-0.4, -0.2) is 39.9 Å². The smallest absolute Gasteiger partial charge is 0.228 e. The molecule has 2 aromatic heterocycles. The lowest BCUT2D eigenvalue weighted by Crippen LogP contribution is -2.54. The van der Waals surface area contributed by atoms with Crippen molar-refractivity contribution in [2.24, 2.45) is 5.41 Å². The first-order chi connectivity index (χ1) is 15.9. The van der Waals surface area contributed by atoms with Crippen LogP contribution in [0.1, 0.15) is 43.6 Å². The molecule has 1 aliphatic heterocycles. The Bertz CT molecular complexity index is 1080. The van der Waals surface area contributed by atoms with Gasteiger partial charge in [0.2, 0.25) is 5.91 Å². The van der Waals surface area contributed by atoms with Crippen LogP contribution in [0.5, 0.6) is 0 Å². The topological polar surface area (TPSA) is 58.1 Å². The van der Waals surface area contributed by atoms with Gasteiger partial charge in [-0.2, -0.15) is 0 Å². The number of amides is 1. The average molecular weight is 443 g/mol. The van der Waals surface area contributed by atoms with Crippen molar-refractivity contribution in [3.8, 4) is 11.1 Å². The molecule has 0 bridgehead atoms. The first-order valence-corrected chi connectivity index (χ1v) is 11.9. The summed E-state index contributed by atoms with van der Waals surface area (Å²) >= 11 is 0. The maximum absolute atomic E-state index is 13.7. The van der Waals surface area contributed by atoms with Crippen LogP contribution in [-0.2, 0) is 17.8 Å². The molecule has 3 heterocycles. The highest BCUT2D eigenvalue weighted by Gasteiger charge is 2.42. The van der Waals surface area contributed by atoms with E-state index in [1.165, 1.54) is 5.56 Å². The Kier molecular flexibility index (Phi) is 7.19. The number of likely N-dealkylation sites (tertiary alicyclic amines) is 1. The van der Waals surface area contributed by atoms with Gasteiger partial charge in [0.1, 0.15) is 0 Å². The van der Waals surface area contributed by atoms with Crippen LogP contribution in [0, 0.1) is 12.3 Å². The maximum Gasteiger partial charge on any atom is 0.228 e. The Hall–Kier alpha value is -3.05. The fourth-order valence-corrected chi connectivity index (χ4v) is 4.95. The highest BCUT2D eigenvalue weighted by atomic mass is 16.2. The van der Waals surface area contributed by atoms with E-state index < -0.39 is 5.41 Å². The van der Waals surface area contributed by atoms with E-state index in [1.807, 2.05) is 39.1 Å². The Labute approximate surface area is 197 Å². The van der Waals surface area contributed by atoms with Crippen molar-refractivity contribution in [1.29, 1.82) is 0 Å². The van der Waals surface area contributed by atoms with E-state index in [-0.39, 0.29) is 11.9 Å². The zero-order chi connectivity index (χ0) is 23.3. The molecule has 4 rings (SSSR count). The van der Waals surface area contributed by atoms with Gasteiger partial charge in [0, 0.05) is 42.8 Å². The van der Waals surface area contributed by atoms with Crippen molar-refractivity contribution in [1.82, 2.24) is 20.2 Å². The molecule has 0 aliphatic carbocycles. The molecule has 5 nitrogen and oxygen atoms in total. The van der Waals surface area contributed by atoms with Gasteiger partial charge >= 0.3 is 0 Å². The van der Waals surface area contributed by atoms with Gasteiger partial charge in [-0.05, 0) is 75.9 Å². The van der Waals surface area contributed by atoms with Gasteiger partial charge in [0.25, 0.3) is 0 Å². The van der Waals surface area contributed by atoms with E-state index in [0.717, 1.165) is 55.0 Å². The van der Waals surface area contributed by atoms with E-state index in [2.05, 4.69) is 57.7 Å². The molecule has 1 saturated heterocycles. The van der Waals surface area contributed by atoms with E-state index in [1.54, 1.807) is 6.20 Å². The van der Waals surface area contributed by atoms with E-state index in [4.69, 9.17) is 4.98 Å². The standard InChI is InChI=1S/C28H34N4O/c1-21(2)30-27(33)28(14-8-16-32(20-28)19-25-12-6-9-22(3)31-25)17-23-10-4-5-13-26(23)24-11-7-15-29-18-24/h4-7,9-13,15,18,21H,8,14,16-17,19-20H2,1-3H3,(H,30,33). The SMILES string of the molecule is Cc1cccc(CN2CCCC(Cc3ccccc3-c3cccnc3)(C(=O)NC(C)C)C2)n1. The second-order valence-corrected chi connectivity index (χ2v) is 9.57. The molecule has 1 aliphatic rings. The summed E-state index contributed by atoms with van der Waals surface area (Å²) < 4.78 is 0. The zero-order valence-electron chi connectivity index (χ0n) is 19.9. The lowest BCUT2D eigenvalue weighted by Gasteiger charge is -2.42. The number of benzene rings is 1.